The highest BCUT2D eigenvalue weighted by Gasteiger charge is 2.13. The van der Waals surface area contributed by atoms with Gasteiger partial charge < -0.3 is 5.73 Å². The molecule has 4 heteroatoms. The minimum absolute atomic E-state index is 0.508. The Balaban J connectivity index is 2.32. The van der Waals surface area contributed by atoms with Crippen LogP contribution in [0.3, 0.4) is 0 Å². The molecule has 0 atom stereocenters. The van der Waals surface area contributed by atoms with Gasteiger partial charge in [0.05, 0.1) is 0 Å². The van der Waals surface area contributed by atoms with Gasteiger partial charge in [0.2, 0.25) is 0 Å². The number of nitrogens with two attached hydrogens (primary N) is 1. The summed E-state index contributed by atoms with van der Waals surface area (Å²) in [5.41, 5.74) is 10.0. The van der Waals surface area contributed by atoms with Crippen molar-refractivity contribution in [3.8, 4) is 11.3 Å². The van der Waals surface area contributed by atoms with Gasteiger partial charge >= 0.3 is 0 Å². The lowest BCUT2D eigenvalue weighted by Crippen LogP contribution is -1.96. The summed E-state index contributed by atoms with van der Waals surface area (Å²) in [4.78, 5) is 8.73. The molecule has 90 valence electrons. The third-order valence-corrected chi connectivity index (χ3v) is 3.08. The number of anilines is 1. The highest BCUT2D eigenvalue weighted by atomic mass is 15.1. The van der Waals surface area contributed by atoms with Crippen molar-refractivity contribution in [2.45, 2.75) is 13.8 Å². The van der Waals surface area contributed by atoms with E-state index in [0.29, 0.717) is 5.82 Å². The molecule has 0 spiro atoms. The van der Waals surface area contributed by atoms with Crippen LogP contribution in [-0.2, 0) is 0 Å². The molecule has 0 amide bonds. The SMILES string of the molecule is Cc1ccc(-c2nc(C)n3ccnc(N)c23)cc1. The molecule has 1 aromatic carbocycles. The highest BCUT2D eigenvalue weighted by Crippen LogP contribution is 2.27. The number of hydrogen-bond donors (Lipinski definition) is 1. The second-order valence-electron chi connectivity index (χ2n) is 4.40. The average Bonchev–Trinajstić information content (AvgIpc) is 2.70. The van der Waals surface area contributed by atoms with Gasteiger partial charge in [-0.15, -0.1) is 0 Å². The summed E-state index contributed by atoms with van der Waals surface area (Å²) >= 11 is 0. The van der Waals surface area contributed by atoms with E-state index in [1.807, 2.05) is 17.5 Å². The van der Waals surface area contributed by atoms with E-state index in [1.165, 1.54) is 5.56 Å². The summed E-state index contributed by atoms with van der Waals surface area (Å²) < 4.78 is 1.97. The van der Waals surface area contributed by atoms with Gasteiger partial charge in [0.15, 0.2) is 0 Å². The van der Waals surface area contributed by atoms with Gasteiger partial charge in [0, 0.05) is 18.0 Å². The van der Waals surface area contributed by atoms with E-state index in [1.54, 1.807) is 6.20 Å². The maximum absolute atomic E-state index is 5.97. The molecular formula is C14H14N4. The summed E-state index contributed by atoms with van der Waals surface area (Å²) in [6.45, 7) is 4.03. The fourth-order valence-corrected chi connectivity index (χ4v) is 2.13. The number of nitrogen functional groups attached to an aromatic ring is 1. The smallest absolute Gasteiger partial charge is 0.150 e. The van der Waals surface area contributed by atoms with E-state index in [9.17, 15) is 0 Å². The van der Waals surface area contributed by atoms with Crippen LogP contribution in [0.25, 0.3) is 16.8 Å². The molecule has 3 aromatic rings. The van der Waals surface area contributed by atoms with Crippen LogP contribution in [0.1, 0.15) is 11.4 Å². The van der Waals surface area contributed by atoms with Crippen molar-refractivity contribution in [3.63, 3.8) is 0 Å². The molecule has 0 saturated heterocycles. The molecule has 3 rings (SSSR count). The van der Waals surface area contributed by atoms with Gasteiger partial charge in [-0.2, -0.15) is 0 Å². The predicted octanol–water partition coefficient (Wildman–Crippen LogP) is 2.60. The zero-order valence-corrected chi connectivity index (χ0v) is 10.4. The number of fused-ring (bicyclic) bond motifs is 1. The fraction of sp³-hybridized carbons (Fsp3) is 0.143. The molecule has 0 saturated carbocycles. The standard InChI is InChI=1S/C14H14N4/c1-9-3-5-11(6-4-9)12-13-14(15)16-7-8-18(13)10(2)17-12/h3-8H,1-2H3,(H2,15,16). The topological polar surface area (TPSA) is 56.2 Å². The number of aryl methyl sites for hydroxylation is 2. The summed E-state index contributed by atoms with van der Waals surface area (Å²) in [5.74, 6) is 1.42. The van der Waals surface area contributed by atoms with Gasteiger partial charge in [0.25, 0.3) is 0 Å². The summed E-state index contributed by atoms with van der Waals surface area (Å²) in [6, 6.07) is 8.26. The summed E-state index contributed by atoms with van der Waals surface area (Å²) in [7, 11) is 0. The lowest BCUT2D eigenvalue weighted by Gasteiger charge is -2.02. The van der Waals surface area contributed by atoms with E-state index < -0.39 is 0 Å². The predicted molar refractivity (Wildman–Crippen MR) is 72.3 cm³/mol. The Morgan fingerprint density at radius 3 is 2.56 bits per heavy atom. The normalized spacial score (nSPS) is 11.0. The second-order valence-corrected chi connectivity index (χ2v) is 4.40. The number of hydrogen-bond acceptors (Lipinski definition) is 3. The van der Waals surface area contributed by atoms with E-state index in [0.717, 1.165) is 22.6 Å². The van der Waals surface area contributed by atoms with Gasteiger partial charge in [-0.05, 0) is 13.8 Å². The molecule has 0 radical (unpaired) electrons. The Labute approximate surface area is 105 Å². The van der Waals surface area contributed by atoms with Crippen molar-refractivity contribution in [2.75, 3.05) is 5.73 Å². The van der Waals surface area contributed by atoms with Crippen LogP contribution >= 0.6 is 0 Å². The molecule has 0 bridgehead atoms. The summed E-state index contributed by atoms with van der Waals surface area (Å²) in [6.07, 6.45) is 3.57. The molecule has 0 fully saturated rings. The highest BCUT2D eigenvalue weighted by molar-refractivity contribution is 5.85. The van der Waals surface area contributed by atoms with E-state index >= 15 is 0 Å². The Kier molecular flexibility index (Phi) is 2.30. The van der Waals surface area contributed by atoms with Crippen molar-refractivity contribution in [3.05, 3.63) is 48.0 Å². The maximum atomic E-state index is 5.97. The first-order valence-electron chi connectivity index (χ1n) is 5.83. The maximum Gasteiger partial charge on any atom is 0.150 e. The Morgan fingerprint density at radius 1 is 1.11 bits per heavy atom. The lowest BCUT2D eigenvalue weighted by molar-refractivity contribution is 1.03. The van der Waals surface area contributed by atoms with Crippen LogP contribution in [0.2, 0.25) is 0 Å². The van der Waals surface area contributed by atoms with Crippen LogP contribution < -0.4 is 5.73 Å². The monoisotopic (exact) mass is 238 g/mol. The minimum atomic E-state index is 0.508. The third kappa shape index (κ3) is 1.54. The van der Waals surface area contributed by atoms with Crippen LogP contribution in [0, 0.1) is 13.8 Å². The Hall–Kier alpha value is -2.36. The molecule has 2 heterocycles. The minimum Gasteiger partial charge on any atom is -0.382 e. The largest absolute Gasteiger partial charge is 0.382 e. The van der Waals surface area contributed by atoms with Crippen molar-refractivity contribution >= 4 is 11.3 Å². The van der Waals surface area contributed by atoms with Crippen molar-refractivity contribution < 1.29 is 0 Å². The molecule has 18 heavy (non-hydrogen) atoms. The van der Waals surface area contributed by atoms with Crippen LogP contribution in [0.15, 0.2) is 36.7 Å². The number of aromatic nitrogens is 3. The zero-order valence-electron chi connectivity index (χ0n) is 10.4. The van der Waals surface area contributed by atoms with Crippen LogP contribution in [0.4, 0.5) is 5.82 Å². The van der Waals surface area contributed by atoms with Gasteiger partial charge in [0.1, 0.15) is 22.9 Å². The first-order valence-corrected chi connectivity index (χ1v) is 5.83. The van der Waals surface area contributed by atoms with E-state index in [4.69, 9.17) is 5.73 Å². The van der Waals surface area contributed by atoms with Crippen molar-refractivity contribution in [2.24, 2.45) is 0 Å². The average molecular weight is 238 g/mol. The molecule has 4 nitrogen and oxygen atoms in total. The van der Waals surface area contributed by atoms with Gasteiger partial charge in [-0.25, -0.2) is 9.97 Å². The van der Waals surface area contributed by atoms with Crippen LogP contribution in [-0.4, -0.2) is 14.4 Å². The molecule has 0 aliphatic heterocycles. The van der Waals surface area contributed by atoms with E-state index in [2.05, 4.69) is 41.2 Å². The molecule has 2 aromatic heterocycles. The van der Waals surface area contributed by atoms with E-state index in [-0.39, 0.29) is 0 Å². The molecule has 0 unspecified atom stereocenters. The molecule has 0 aliphatic rings. The zero-order chi connectivity index (χ0) is 12.7. The van der Waals surface area contributed by atoms with Gasteiger partial charge in [-0.3, -0.25) is 4.40 Å². The van der Waals surface area contributed by atoms with Crippen molar-refractivity contribution in [1.82, 2.24) is 14.4 Å². The fourth-order valence-electron chi connectivity index (χ4n) is 2.13. The Morgan fingerprint density at radius 2 is 1.83 bits per heavy atom. The number of benzene rings is 1. The molecule has 2 N–H and O–H groups in total. The lowest BCUT2D eigenvalue weighted by atomic mass is 10.1. The quantitative estimate of drug-likeness (QED) is 0.709. The third-order valence-electron chi connectivity index (χ3n) is 3.08. The molecule has 0 aliphatic carbocycles. The number of rotatable bonds is 1. The first kappa shape index (κ1) is 10.8. The van der Waals surface area contributed by atoms with Gasteiger partial charge in [-0.1, -0.05) is 29.8 Å². The second kappa shape index (κ2) is 3.84. The first-order chi connectivity index (χ1) is 8.66. The Bertz CT molecular complexity index is 710. The summed E-state index contributed by atoms with van der Waals surface area (Å²) in [5, 5.41) is 0. The van der Waals surface area contributed by atoms with Crippen molar-refractivity contribution in [1.29, 1.82) is 0 Å². The number of nitrogens with zero attached hydrogens (tertiary/aromatic N) is 3. The number of imidazole rings is 1. The molecular weight excluding hydrogens is 224 g/mol. The van der Waals surface area contributed by atoms with Crippen LogP contribution in [0.5, 0.6) is 0 Å².